The SMILES string of the molecule is O=C1CCc2cc3cc4ccccc4cc3cc2N1. The van der Waals surface area contributed by atoms with Gasteiger partial charge in [-0.2, -0.15) is 0 Å². The van der Waals surface area contributed by atoms with Crippen LogP contribution in [0.15, 0.2) is 48.5 Å². The van der Waals surface area contributed by atoms with Crippen molar-refractivity contribution in [2.24, 2.45) is 0 Å². The highest BCUT2D eigenvalue weighted by Gasteiger charge is 2.15. The average molecular weight is 247 g/mol. The molecule has 1 heterocycles. The molecule has 0 aromatic heterocycles. The summed E-state index contributed by atoms with van der Waals surface area (Å²) in [7, 11) is 0. The molecule has 0 spiro atoms. The van der Waals surface area contributed by atoms with Gasteiger partial charge in [-0.3, -0.25) is 4.79 Å². The van der Waals surface area contributed by atoms with Crippen molar-refractivity contribution in [3.8, 4) is 0 Å². The normalized spacial score (nSPS) is 14.4. The van der Waals surface area contributed by atoms with Gasteiger partial charge in [0.05, 0.1) is 0 Å². The van der Waals surface area contributed by atoms with Crippen molar-refractivity contribution in [2.75, 3.05) is 5.32 Å². The molecule has 0 saturated heterocycles. The van der Waals surface area contributed by atoms with E-state index in [1.807, 2.05) is 6.07 Å². The number of carbonyl (C=O) groups is 1. The molecule has 0 saturated carbocycles. The number of fused-ring (bicyclic) bond motifs is 3. The van der Waals surface area contributed by atoms with E-state index in [-0.39, 0.29) is 5.91 Å². The minimum Gasteiger partial charge on any atom is -0.326 e. The molecule has 3 aromatic carbocycles. The molecule has 2 heteroatoms. The van der Waals surface area contributed by atoms with Gasteiger partial charge in [-0.1, -0.05) is 24.3 Å². The van der Waals surface area contributed by atoms with Gasteiger partial charge in [0.1, 0.15) is 0 Å². The topological polar surface area (TPSA) is 29.1 Å². The number of amides is 1. The number of rotatable bonds is 0. The van der Waals surface area contributed by atoms with E-state index >= 15 is 0 Å². The van der Waals surface area contributed by atoms with Crippen LogP contribution in [-0.2, 0) is 11.2 Å². The van der Waals surface area contributed by atoms with Crippen molar-refractivity contribution in [2.45, 2.75) is 12.8 Å². The minimum absolute atomic E-state index is 0.118. The largest absolute Gasteiger partial charge is 0.326 e. The van der Waals surface area contributed by atoms with E-state index in [2.05, 4.69) is 47.8 Å². The predicted octanol–water partition coefficient (Wildman–Crippen LogP) is 3.88. The Morgan fingerprint density at radius 1 is 0.789 bits per heavy atom. The fourth-order valence-corrected chi connectivity index (χ4v) is 2.82. The fraction of sp³-hybridized carbons (Fsp3) is 0.118. The number of nitrogens with one attached hydrogen (secondary N) is 1. The molecular formula is C17H13NO. The summed E-state index contributed by atoms with van der Waals surface area (Å²) in [5.74, 6) is 0.118. The summed E-state index contributed by atoms with van der Waals surface area (Å²) in [6.07, 6.45) is 1.43. The lowest BCUT2D eigenvalue weighted by molar-refractivity contribution is -0.116. The van der Waals surface area contributed by atoms with E-state index in [1.165, 1.54) is 27.1 Å². The first-order chi connectivity index (χ1) is 9.29. The highest BCUT2D eigenvalue weighted by Crippen LogP contribution is 2.30. The van der Waals surface area contributed by atoms with Crippen LogP contribution >= 0.6 is 0 Å². The Labute approximate surface area is 111 Å². The molecule has 0 radical (unpaired) electrons. The van der Waals surface area contributed by atoms with Crippen LogP contribution in [0, 0.1) is 0 Å². The molecule has 1 amide bonds. The van der Waals surface area contributed by atoms with E-state index in [0.29, 0.717) is 6.42 Å². The van der Waals surface area contributed by atoms with Crippen molar-refractivity contribution < 1.29 is 4.79 Å². The second kappa shape index (κ2) is 3.82. The number of anilines is 1. The lowest BCUT2D eigenvalue weighted by Gasteiger charge is -2.17. The van der Waals surface area contributed by atoms with Crippen LogP contribution < -0.4 is 5.32 Å². The van der Waals surface area contributed by atoms with E-state index in [9.17, 15) is 4.79 Å². The van der Waals surface area contributed by atoms with Crippen LogP contribution in [0.25, 0.3) is 21.5 Å². The molecule has 0 aliphatic carbocycles. The van der Waals surface area contributed by atoms with Crippen LogP contribution in [0.3, 0.4) is 0 Å². The second-order valence-corrected chi connectivity index (χ2v) is 5.10. The third kappa shape index (κ3) is 1.68. The Morgan fingerprint density at radius 2 is 1.47 bits per heavy atom. The summed E-state index contributed by atoms with van der Waals surface area (Å²) in [6.45, 7) is 0. The molecular weight excluding hydrogens is 234 g/mol. The lowest BCUT2D eigenvalue weighted by Crippen LogP contribution is -2.18. The van der Waals surface area contributed by atoms with Crippen molar-refractivity contribution in [3.05, 3.63) is 54.1 Å². The quantitative estimate of drug-likeness (QED) is 0.600. The molecule has 4 rings (SSSR count). The molecule has 1 N–H and O–H groups in total. The van der Waals surface area contributed by atoms with E-state index in [0.717, 1.165) is 12.1 Å². The number of carbonyl (C=O) groups excluding carboxylic acids is 1. The summed E-state index contributed by atoms with van der Waals surface area (Å²) >= 11 is 0. The first kappa shape index (κ1) is 10.6. The Hall–Kier alpha value is -2.35. The zero-order chi connectivity index (χ0) is 12.8. The maximum atomic E-state index is 11.5. The molecule has 92 valence electrons. The number of benzene rings is 3. The first-order valence-corrected chi connectivity index (χ1v) is 6.55. The third-order valence-electron chi connectivity index (χ3n) is 3.82. The number of aryl methyl sites for hydroxylation is 1. The van der Waals surface area contributed by atoms with Gasteiger partial charge in [0.2, 0.25) is 5.91 Å². The van der Waals surface area contributed by atoms with E-state index in [4.69, 9.17) is 0 Å². The van der Waals surface area contributed by atoms with Gasteiger partial charge in [-0.05, 0) is 57.8 Å². The Morgan fingerprint density at radius 3 is 2.21 bits per heavy atom. The molecule has 0 unspecified atom stereocenters. The first-order valence-electron chi connectivity index (χ1n) is 6.55. The fourth-order valence-electron chi connectivity index (χ4n) is 2.82. The highest BCUT2D eigenvalue weighted by atomic mass is 16.1. The van der Waals surface area contributed by atoms with Crippen molar-refractivity contribution >= 4 is 33.1 Å². The molecule has 1 aliphatic heterocycles. The maximum absolute atomic E-state index is 11.5. The van der Waals surface area contributed by atoms with E-state index < -0.39 is 0 Å². The second-order valence-electron chi connectivity index (χ2n) is 5.10. The molecule has 0 fully saturated rings. The number of hydrogen-bond donors (Lipinski definition) is 1. The van der Waals surface area contributed by atoms with Crippen LogP contribution in [0.5, 0.6) is 0 Å². The van der Waals surface area contributed by atoms with Gasteiger partial charge < -0.3 is 5.32 Å². The zero-order valence-corrected chi connectivity index (χ0v) is 10.4. The summed E-state index contributed by atoms with van der Waals surface area (Å²) in [6, 6.07) is 17.1. The van der Waals surface area contributed by atoms with Crippen molar-refractivity contribution in [1.29, 1.82) is 0 Å². The van der Waals surface area contributed by atoms with Gasteiger partial charge in [0.25, 0.3) is 0 Å². The van der Waals surface area contributed by atoms with Crippen LogP contribution in [0.4, 0.5) is 5.69 Å². The molecule has 0 atom stereocenters. The summed E-state index contributed by atoms with van der Waals surface area (Å²) < 4.78 is 0. The standard InChI is InChI=1S/C17H13NO/c19-17-6-5-13-9-14-7-11-3-1-2-4-12(11)8-15(14)10-16(13)18-17/h1-4,7-10H,5-6H2,(H,18,19). The molecule has 3 aromatic rings. The summed E-state index contributed by atoms with van der Waals surface area (Å²) in [4.78, 5) is 11.5. The smallest absolute Gasteiger partial charge is 0.224 e. The van der Waals surface area contributed by atoms with Crippen LogP contribution in [0.1, 0.15) is 12.0 Å². The molecule has 19 heavy (non-hydrogen) atoms. The Kier molecular flexibility index (Phi) is 2.12. The van der Waals surface area contributed by atoms with Crippen LogP contribution in [-0.4, -0.2) is 5.91 Å². The summed E-state index contributed by atoms with van der Waals surface area (Å²) in [5.41, 5.74) is 2.21. The van der Waals surface area contributed by atoms with Gasteiger partial charge >= 0.3 is 0 Å². The van der Waals surface area contributed by atoms with Gasteiger partial charge in [0.15, 0.2) is 0 Å². The number of hydrogen-bond acceptors (Lipinski definition) is 1. The monoisotopic (exact) mass is 247 g/mol. The average Bonchev–Trinajstić information content (AvgIpc) is 2.43. The minimum atomic E-state index is 0.118. The van der Waals surface area contributed by atoms with Crippen molar-refractivity contribution in [1.82, 2.24) is 0 Å². The van der Waals surface area contributed by atoms with E-state index in [1.54, 1.807) is 0 Å². The summed E-state index contributed by atoms with van der Waals surface area (Å²) in [5, 5.41) is 7.88. The van der Waals surface area contributed by atoms with Gasteiger partial charge in [-0.25, -0.2) is 0 Å². The van der Waals surface area contributed by atoms with Crippen molar-refractivity contribution in [3.63, 3.8) is 0 Å². The molecule has 2 nitrogen and oxygen atoms in total. The zero-order valence-electron chi connectivity index (χ0n) is 10.4. The third-order valence-corrected chi connectivity index (χ3v) is 3.82. The Bertz CT molecular complexity index is 820. The molecule has 1 aliphatic rings. The van der Waals surface area contributed by atoms with Gasteiger partial charge in [0, 0.05) is 12.1 Å². The predicted molar refractivity (Wildman–Crippen MR) is 78.4 cm³/mol. The Balaban J connectivity index is 2.02. The highest BCUT2D eigenvalue weighted by molar-refractivity contribution is 6.02. The maximum Gasteiger partial charge on any atom is 0.224 e. The van der Waals surface area contributed by atoms with Gasteiger partial charge in [-0.15, -0.1) is 0 Å². The molecule has 0 bridgehead atoms. The van der Waals surface area contributed by atoms with Crippen LogP contribution in [0.2, 0.25) is 0 Å². The lowest BCUT2D eigenvalue weighted by atomic mass is 9.96.